The quantitative estimate of drug-likeness (QED) is 0.424. The van der Waals surface area contributed by atoms with Gasteiger partial charge in [0.2, 0.25) is 11.9 Å². The summed E-state index contributed by atoms with van der Waals surface area (Å²) in [5, 5.41) is 0. The number of imidazole rings is 1. The van der Waals surface area contributed by atoms with E-state index in [9.17, 15) is 8.78 Å². The maximum absolute atomic E-state index is 14.2. The molecule has 32 heavy (non-hydrogen) atoms. The Morgan fingerprint density at radius 2 is 1.44 bits per heavy atom. The van der Waals surface area contributed by atoms with Gasteiger partial charge >= 0.3 is 0 Å². The van der Waals surface area contributed by atoms with E-state index in [0.29, 0.717) is 34.2 Å². The van der Waals surface area contributed by atoms with Crippen LogP contribution in [0.3, 0.4) is 0 Å². The third-order valence-electron chi connectivity index (χ3n) is 5.25. The number of pyridine rings is 3. The van der Waals surface area contributed by atoms with Gasteiger partial charge < -0.3 is 4.98 Å². The van der Waals surface area contributed by atoms with Gasteiger partial charge in [-0.3, -0.25) is 4.98 Å². The van der Waals surface area contributed by atoms with Crippen LogP contribution in [-0.2, 0) is 5.41 Å². The van der Waals surface area contributed by atoms with Crippen LogP contribution in [0.15, 0.2) is 60.9 Å². The van der Waals surface area contributed by atoms with Crippen molar-refractivity contribution < 1.29 is 8.78 Å². The summed E-state index contributed by atoms with van der Waals surface area (Å²) in [6.45, 7) is 3.96. The third-order valence-corrected chi connectivity index (χ3v) is 5.25. The molecular weight excluding hydrogens is 412 g/mol. The maximum Gasteiger partial charge on any atom is 0.224 e. The van der Waals surface area contributed by atoms with Crippen molar-refractivity contribution in [2.24, 2.45) is 0 Å². The Labute approximate surface area is 181 Å². The molecule has 5 heterocycles. The first-order chi connectivity index (χ1) is 15.4. The molecule has 0 atom stereocenters. The van der Waals surface area contributed by atoms with E-state index >= 15 is 0 Å². The molecule has 0 aliphatic rings. The molecule has 5 rings (SSSR count). The number of hydrogen-bond donors (Lipinski definition) is 1. The van der Waals surface area contributed by atoms with Gasteiger partial charge in [0.15, 0.2) is 17.1 Å². The van der Waals surface area contributed by atoms with Gasteiger partial charge in [0.25, 0.3) is 0 Å². The highest BCUT2D eigenvalue weighted by Crippen LogP contribution is 2.32. The highest BCUT2D eigenvalue weighted by Gasteiger charge is 2.27. The number of hydrogen-bond acceptors (Lipinski definition) is 6. The fraction of sp³-hybridized carbons (Fsp3) is 0.130. The molecule has 0 aromatic carbocycles. The fourth-order valence-corrected chi connectivity index (χ4v) is 3.45. The molecule has 5 aromatic heterocycles. The number of nitrogens with one attached hydrogen (secondary N) is 1. The number of aromatic nitrogens is 7. The summed E-state index contributed by atoms with van der Waals surface area (Å²) in [6, 6.07) is 13.4. The lowest BCUT2D eigenvalue weighted by atomic mass is 9.84. The fourth-order valence-electron chi connectivity index (χ4n) is 3.45. The Bertz CT molecular complexity index is 1410. The molecule has 158 valence electrons. The van der Waals surface area contributed by atoms with E-state index in [2.05, 4.69) is 29.9 Å². The van der Waals surface area contributed by atoms with Crippen molar-refractivity contribution >= 4 is 11.3 Å². The van der Waals surface area contributed by atoms with Crippen molar-refractivity contribution in [1.82, 2.24) is 34.9 Å². The van der Waals surface area contributed by atoms with Crippen LogP contribution < -0.4 is 0 Å². The molecule has 5 aromatic rings. The molecule has 0 radical (unpaired) electrons. The zero-order valence-electron chi connectivity index (χ0n) is 17.2. The molecular formula is C23H17F2N7. The van der Waals surface area contributed by atoms with E-state index in [1.807, 2.05) is 38.1 Å². The van der Waals surface area contributed by atoms with Crippen molar-refractivity contribution in [1.29, 1.82) is 0 Å². The topological polar surface area (TPSA) is 93.1 Å². The van der Waals surface area contributed by atoms with E-state index in [4.69, 9.17) is 4.98 Å². The number of fused-ring (bicyclic) bond motifs is 1. The zero-order valence-corrected chi connectivity index (χ0v) is 17.2. The van der Waals surface area contributed by atoms with Crippen molar-refractivity contribution in [3.63, 3.8) is 0 Å². The van der Waals surface area contributed by atoms with Crippen molar-refractivity contribution in [3.8, 4) is 22.8 Å². The van der Waals surface area contributed by atoms with Crippen LogP contribution in [0.25, 0.3) is 34.1 Å². The Morgan fingerprint density at radius 3 is 2.16 bits per heavy atom. The van der Waals surface area contributed by atoms with Crippen LogP contribution in [0.2, 0.25) is 0 Å². The molecule has 9 heteroatoms. The Kier molecular flexibility index (Phi) is 4.66. The minimum absolute atomic E-state index is 0.132. The second-order valence-electron chi connectivity index (χ2n) is 7.73. The molecule has 0 fully saturated rings. The van der Waals surface area contributed by atoms with E-state index in [1.165, 1.54) is 6.07 Å². The molecule has 0 bridgehead atoms. The van der Waals surface area contributed by atoms with Crippen LogP contribution in [0.5, 0.6) is 0 Å². The van der Waals surface area contributed by atoms with Gasteiger partial charge in [0.1, 0.15) is 5.69 Å². The monoisotopic (exact) mass is 429 g/mol. The summed E-state index contributed by atoms with van der Waals surface area (Å²) in [6.07, 6.45) is 3.17. The van der Waals surface area contributed by atoms with E-state index in [0.717, 1.165) is 11.8 Å². The predicted octanol–water partition coefficient (Wildman–Crippen LogP) is 4.48. The second-order valence-corrected chi connectivity index (χ2v) is 7.73. The largest absolute Gasteiger partial charge is 0.320 e. The van der Waals surface area contributed by atoms with Crippen molar-refractivity contribution in [2.45, 2.75) is 19.3 Å². The Balaban J connectivity index is 1.54. The summed E-state index contributed by atoms with van der Waals surface area (Å²) >= 11 is 0. The van der Waals surface area contributed by atoms with Gasteiger partial charge in [0.05, 0.1) is 22.6 Å². The van der Waals surface area contributed by atoms with Gasteiger partial charge in [-0.25, -0.2) is 19.9 Å². The first-order valence-corrected chi connectivity index (χ1v) is 9.86. The van der Waals surface area contributed by atoms with Crippen LogP contribution in [-0.4, -0.2) is 34.9 Å². The Hall–Kier alpha value is -4.14. The second kappa shape index (κ2) is 7.52. The summed E-state index contributed by atoms with van der Waals surface area (Å²) in [5.74, 6) is -1.22. The van der Waals surface area contributed by atoms with Crippen LogP contribution >= 0.6 is 0 Å². The predicted molar refractivity (Wildman–Crippen MR) is 114 cm³/mol. The smallest absolute Gasteiger partial charge is 0.224 e. The molecule has 0 saturated heterocycles. The minimum Gasteiger partial charge on any atom is -0.320 e. The number of H-pyrrole nitrogens is 1. The van der Waals surface area contributed by atoms with Crippen molar-refractivity contribution in [3.05, 3.63) is 84.2 Å². The number of nitrogens with zero attached hydrogens (tertiary/aromatic N) is 6. The highest BCUT2D eigenvalue weighted by molar-refractivity contribution is 5.70. The SMILES string of the molecule is CC(C)(c1cccc(-c2nc3nccnc3[nH]2)n1)c1cccc(-c2ccc(F)nc2F)n1. The molecule has 0 aliphatic carbocycles. The zero-order chi connectivity index (χ0) is 22.3. The lowest BCUT2D eigenvalue weighted by Crippen LogP contribution is -2.22. The molecule has 1 N–H and O–H groups in total. The van der Waals surface area contributed by atoms with E-state index in [1.54, 1.807) is 24.5 Å². The molecule has 7 nitrogen and oxygen atoms in total. The number of rotatable bonds is 4. The first kappa shape index (κ1) is 19.8. The summed E-state index contributed by atoms with van der Waals surface area (Å²) < 4.78 is 27.4. The Morgan fingerprint density at radius 1 is 0.750 bits per heavy atom. The first-order valence-electron chi connectivity index (χ1n) is 9.86. The molecule has 0 aliphatic heterocycles. The van der Waals surface area contributed by atoms with E-state index in [-0.39, 0.29) is 5.56 Å². The summed E-state index contributed by atoms with van der Waals surface area (Å²) in [4.78, 5) is 28.7. The van der Waals surface area contributed by atoms with Crippen LogP contribution in [0, 0.1) is 11.9 Å². The number of halogens is 2. The molecule has 0 spiro atoms. The third kappa shape index (κ3) is 3.47. The average Bonchev–Trinajstić information content (AvgIpc) is 3.24. The molecule has 0 amide bonds. The van der Waals surface area contributed by atoms with Crippen LogP contribution in [0.4, 0.5) is 8.78 Å². The molecule has 0 unspecified atom stereocenters. The highest BCUT2D eigenvalue weighted by atomic mass is 19.1. The summed E-state index contributed by atoms with van der Waals surface area (Å²) in [7, 11) is 0. The lowest BCUT2D eigenvalue weighted by molar-refractivity contribution is 0.514. The molecule has 0 saturated carbocycles. The van der Waals surface area contributed by atoms with Gasteiger partial charge in [-0.15, -0.1) is 0 Å². The van der Waals surface area contributed by atoms with Gasteiger partial charge in [0, 0.05) is 17.8 Å². The minimum atomic E-state index is -0.903. The average molecular weight is 429 g/mol. The standard InChI is InChI=1S/C23H17F2N7/c1-23(2,16-7-3-5-14(28-16)13-9-10-18(24)30-19(13)25)17-8-4-6-15(29-17)20-31-21-22(32-20)27-12-11-26-21/h3-12H,1-2H3,(H,26,27,31,32). The van der Waals surface area contributed by atoms with Gasteiger partial charge in [-0.2, -0.15) is 13.8 Å². The normalized spacial score (nSPS) is 11.8. The summed E-state index contributed by atoms with van der Waals surface area (Å²) in [5.41, 5.74) is 3.05. The number of aromatic amines is 1. The van der Waals surface area contributed by atoms with Crippen LogP contribution in [0.1, 0.15) is 25.2 Å². The van der Waals surface area contributed by atoms with Crippen molar-refractivity contribution in [2.75, 3.05) is 0 Å². The van der Waals surface area contributed by atoms with Gasteiger partial charge in [-0.1, -0.05) is 12.1 Å². The maximum atomic E-state index is 14.2. The van der Waals surface area contributed by atoms with Gasteiger partial charge in [-0.05, 0) is 50.2 Å². The van der Waals surface area contributed by atoms with E-state index < -0.39 is 17.3 Å². The lowest BCUT2D eigenvalue weighted by Gasteiger charge is -2.24.